The van der Waals surface area contributed by atoms with Gasteiger partial charge in [0, 0.05) is 47.3 Å². The molecule has 0 atom stereocenters. The number of benzene rings is 1. The maximum atomic E-state index is 12.6. The fraction of sp³-hybridized carbons (Fsp3) is 0.176. The molecule has 0 aliphatic heterocycles. The first-order valence-corrected chi connectivity index (χ1v) is 6.85. The summed E-state index contributed by atoms with van der Waals surface area (Å²) >= 11 is 0. The molecule has 21 heavy (non-hydrogen) atoms. The molecule has 0 aliphatic carbocycles. The number of fused-ring (bicyclic) bond motifs is 1. The molecule has 0 saturated heterocycles. The number of aryl methyl sites for hydroxylation is 2. The molecule has 0 fully saturated rings. The van der Waals surface area contributed by atoms with Crippen molar-refractivity contribution in [3.05, 3.63) is 59.5 Å². The fourth-order valence-electron chi connectivity index (χ4n) is 2.47. The first kappa shape index (κ1) is 13.4. The van der Waals surface area contributed by atoms with Crippen molar-refractivity contribution in [2.45, 2.75) is 13.8 Å². The Morgan fingerprint density at radius 1 is 1.14 bits per heavy atom. The SMILES string of the molecule is Cc1[nH]c2ccc(C(=O)N(C)c3ccncc3)cc2c1C. The number of anilines is 1. The molecule has 1 N–H and O–H groups in total. The highest BCUT2D eigenvalue weighted by atomic mass is 16.2. The third-order valence-electron chi connectivity index (χ3n) is 3.91. The highest BCUT2D eigenvalue weighted by Gasteiger charge is 2.15. The lowest BCUT2D eigenvalue weighted by atomic mass is 10.1. The zero-order chi connectivity index (χ0) is 15.0. The predicted octanol–water partition coefficient (Wildman–Crippen LogP) is 3.46. The van der Waals surface area contributed by atoms with Gasteiger partial charge in [-0.2, -0.15) is 0 Å². The molecule has 2 aromatic heterocycles. The molecule has 0 saturated carbocycles. The van der Waals surface area contributed by atoms with Crippen LogP contribution in [0.15, 0.2) is 42.7 Å². The topological polar surface area (TPSA) is 49.0 Å². The van der Waals surface area contributed by atoms with Crippen molar-refractivity contribution in [2.24, 2.45) is 0 Å². The summed E-state index contributed by atoms with van der Waals surface area (Å²) in [5.41, 5.74) is 4.90. The number of H-pyrrole nitrogens is 1. The van der Waals surface area contributed by atoms with Gasteiger partial charge < -0.3 is 9.88 Å². The molecule has 1 amide bonds. The van der Waals surface area contributed by atoms with Crippen molar-refractivity contribution < 1.29 is 4.79 Å². The summed E-state index contributed by atoms with van der Waals surface area (Å²) in [5, 5.41) is 1.10. The van der Waals surface area contributed by atoms with Gasteiger partial charge in [-0.15, -0.1) is 0 Å². The zero-order valence-corrected chi connectivity index (χ0v) is 12.3. The van der Waals surface area contributed by atoms with Crippen LogP contribution in [-0.4, -0.2) is 22.9 Å². The average molecular weight is 279 g/mol. The van der Waals surface area contributed by atoms with Crippen LogP contribution in [0.3, 0.4) is 0 Å². The molecule has 3 aromatic rings. The van der Waals surface area contributed by atoms with Crippen LogP contribution in [0.25, 0.3) is 10.9 Å². The Morgan fingerprint density at radius 3 is 2.57 bits per heavy atom. The van der Waals surface area contributed by atoms with Crippen LogP contribution in [-0.2, 0) is 0 Å². The summed E-state index contributed by atoms with van der Waals surface area (Å²) in [5.74, 6) is -0.0265. The second kappa shape index (κ2) is 5.05. The van der Waals surface area contributed by atoms with Crippen LogP contribution >= 0.6 is 0 Å². The molecule has 3 rings (SSSR count). The molecule has 0 spiro atoms. The monoisotopic (exact) mass is 279 g/mol. The number of hydrogen-bond donors (Lipinski definition) is 1. The molecular formula is C17H17N3O. The number of aromatic amines is 1. The lowest BCUT2D eigenvalue weighted by Crippen LogP contribution is -2.26. The van der Waals surface area contributed by atoms with E-state index in [2.05, 4.69) is 16.9 Å². The van der Waals surface area contributed by atoms with E-state index in [1.807, 2.05) is 37.3 Å². The minimum absolute atomic E-state index is 0.0265. The third-order valence-corrected chi connectivity index (χ3v) is 3.91. The number of carbonyl (C=O) groups excluding carboxylic acids is 1. The van der Waals surface area contributed by atoms with Crippen molar-refractivity contribution in [3.63, 3.8) is 0 Å². The van der Waals surface area contributed by atoms with Gasteiger partial charge >= 0.3 is 0 Å². The molecule has 4 heteroatoms. The summed E-state index contributed by atoms with van der Waals surface area (Å²) in [4.78, 5) is 21.5. The van der Waals surface area contributed by atoms with Gasteiger partial charge in [0.25, 0.3) is 5.91 Å². The Bertz CT molecular complexity index is 806. The summed E-state index contributed by atoms with van der Waals surface area (Å²) in [7, 11) is 1.77. The fourth-order valence-corrected chi connectivity index (χ4v) is 2.47. The van der Waals surface area contributed by atoms with E-state index in [4.69, 9.17) is 0 Å². The Hall–Kier alpha value is -2.62. The Kier molecular flexibility index (Phi) is 3.22. The molecule has 4 nitrogen and oxygen atoms in total. The number of hydrogen-bond acceptors (Lipinski definition) is 2. The predicted molar refractivity (Wildman–Crippen MR) is 84.7 cm³/mol. The first-order valence-electron chi connectivity index (χ1n) is 6.85. The van der Waals surface area contributed by atoms with E-state index in [0.717, 1.165) is 22.3 Å². The van der Waals surface area contributed by atoms with Crippen LogP contribution < -0.4 is 4.90 Å². The van der Waals surface area contributed by atoms with Gasteiger partial charge in [0.05, 0.1) is 0 Å². The maximum Gasteiger partial charge on any atom is 0.258 e. The average Bonchev–Trinajstić information content (AvgIpc) is 2.81. The molecule has 0 radical (unpaired) electrons. The Balaban J connectivity index is 2.00. The Morgan fingerprint density at radius 2 is 1.86 bits per heavy atom. The number of nitrogens with one attached hydrogen (secondary N) is 1. The van der Waals surface area contributed by atoms with Gasteiger partial charge in [-0.3, -0.25) is 9.78 Å². The van der Waals surface area contributed by atoms with Crippen molar-refractivity contribution in [1.29, 1.82) is 0 Å². The van der Waals surface area contributed by atoms with Crippen LogP contribution in [0.1, 0.15) is 21.6 Å². The number of rotatable bonds is 2. The van der Waals surface area contributed by atoms with Gasteiger partial charge in [0.15, 0.2) is 0 Å². The van der Waals surface area contributed by atoms with E-state index in [1.54, 1.807) is 24.3 Å². The maximum absolute atomic E-state index is 12.6. The summed E-state index contributed by atoms with van der Waals surface area (Å²) in [6, 6.07) is 9.42. The van der Waals surface area contributed by atoms with E-state index >= 15 is 0 Å². The van der Waals surface area contributed by atoms with Gasteiger partial charge in [0.1, 0.15) is 0 Å². The molecule has 1 aromatic carbocycles. The summed E-state index contributed by atoms with van der Waals surface area (Å²) in [6.45, 7) is 4.11. The van der Waals surface area contributed by atoms with Gasteiger partial charge in [0.2, 0.25) is 0 Å². The number of amides is 1. The Labute approximate surface area is 123 Å². The second-order valence-corrected chi connectivity index (χ2v) is 5.20. The quantitative estimate of drug-likeness (QED) is 0.781. The van der Waals surface area contributed by atoms with Crippen molar-refractivity contribution >= 4 is 22.5 Å². The van der Waals surface area contributed by atoms with Crippen LogP contribution in [0.4, 0.5) is 5.69 Å². The smallest absolute Gasteiger partial charge is 0.258 e. The molecule has 0 aliphatic rings. The number of nitrogens with zero attached hydrogens (tertiary/aromatic N) is 2. The number of aromatic nitrogens is 2. The van der Waals surface area contributed by atoms with E-state index < -0.39 is 0 Å². The number of pyridine rings is 1. The van der Waals surface area contributed by atoms with Crippen LogP contribution in [0.5, 0.6) is 0 Å². The minimum atomic E-state index is -0.0265. The van der Waals surface area contributed by atoms with E-state index in [0.29, 0.717) is 5.56 Å². The molecular weight excluding hydrogens is 262 g/mol. The lowest BCUT2D eigenvalue weighted by molar-refractivity contribution is 0.0993. The van der Waals surface area contributed by atoms with Crippen LogP contribution in [0, 0.1) is 13.8 Å². The normalized spacial score (nSPS) is 10.8. The molecule has 0 bridgehead atoms. The standard InChI is InChI=1S/C17H17N3O/c1-11-12(2)19-16-5-4-13(10-15(11)16)17(21)20(3)14-6-8-18-9-7-14/h4-10,19H,1-3H3. The van der Waals surface area contributed by atoms with Crippen molar-refractivity contribution in [3.8, 4) is 0 Å². The number of carbonyl (C=O) groups is 1. The molecule has 106 valence electrons. The first-order chi connectivity index (χ1) is 10.1. The highest BCUT2D eigenvalue weighted by molar-refractivity contribution is 6.07. The van der Waals surface area contributed by atoms with E-state index in [-0.39, 0.29) is 5.91 Å². The minimum Gasteiger partial charge on any atom is -0.358 e. The third kappa shape index (κ3) is 2.29. The molecule has 2 heterocycles. The zero-order valence-electron chi connectivity index (χ0n) is 12.3. The van der Waals surface area contributed by atoms with Crippen molar-refractivity contribution in [2.75, 3.05) is 11.9 Å². The van der Waals surface area contributed by atoms with E-state index in [1.165, 1.54) is 5.56 Å². The van der Waals surface area contributed by atoms with Gasteiger partial charge in [-0.25, -0.2) is 0 Å². The van der Waals surface area contributed by atoms with E-state index in [9.17, 15) is 4.79 Å². The largest absolute Gasteiger partial charge is 0.358 e. The highest BCUT2D eigenvalue weighted by Crippen LogP contribution is 2.23. The second-order valence-electron chi connectivity index (χ2n) is 5.20. The van der Waals surface area contributed by atoms with Gasteiger partial charge in [-0.1, -0.05) is 0 Å². The molecule has 0 unspecified atom stereocenters. The summed E-state index contributed by atoms with van der Waals surface area (Å²) in [6.07, 6.45) is 3.37. The lowest BCUT2D eigenvalue weighted by Gasteiger charge is -2.17. The van der Waals surface area contributed by atoms with Crippen LogP contribution in [0.2, 0.25) is 0 Å². The van der Waals surface area contributed by atoms with Crippen molar-refractivity contribution in [1.82, 2.24) is 9.97 Å². The van der Waals surface area contributed by atoms with Gasteiger partial charge in [-0.05, 0) is 49.7 Å². The summed E-state index contributed by atoms with van der Waals surface area (Å²) < 4.78 is 0.